The highest BCUT2D eigenvalue weighted by molar-refractivity contribution is 5.29. The van der Waals surface area contributed by atoms with E-state index >= 15 is 0 Å². The molecule has 0 spiro atoms. The van der Waals surface area contributed by atoms with Crippen molar-refractivity contribution in [1.82, 2.24) is 10.2 Å². The van der Waals surface area contributed by atoms with Crippen LogP contribution in [0.15, 0.2) is 18.2 Å². The molecule has 0 radical (unpaired) electrons. The summed E-state index contributed by atoms with van der Waals surface area (Å²) in [5, 5.41) is 3.51. The zero-order valence-electron chi connectivity index (χ0n) is 12.7. The number of piperidine rings is 1. The Morgan fingerprint density at radius 2 is 2.05 bits per heavy atom. The minimum absolute atomic E-state index is 0.718. The van der Waals surface area contributed by atoms with Crippen molar-refractivity contribution in [2.75, 3.05) is 19.6 Å². The molecule has 0 saturated carbocycles. The number of nitrogens with zero attached hydrogens (tertiary/aromatic N) is 1. The van der Waals surface area contributed by atoms with Gasteiger partial charge in [0, 0.05) is 19.1 Å². The van der Waals surface area contributed by atoms with Crippen LogP contribution >= 0.6 is 0 Å². The van der Waals surface area contributed by atoms with Crippen LogP contribution in [-0.2, 0) is 6.54 Å². The molecule has 1 saturated heterocycles. The summed E-state index contributed by atoms with van der Waals surface area (Å²) < 4.78 is 0. The maximum Gasteiger partial charge on any atom is 0.0237 e. The van der Waals surface area contributed by atoms with Gasteiger partial charge in [-0.15, -0.1) is 0 Å². The van der Waals surface area contributed by atoms with Crippen LogP contribution in [0.2, 0.25) is 0 Å². The minimum atomic E-state index is 0.718. The van der Waals surface area contributed by atoms with E-state index in [-0.39, 0.29) is 0 Å². The van der Waals surface area contributed by atoms with Crippen LogP contribution in [0.25, 0.3) is 0 Å². The molecule has 19 heavy (non-hydrogen) atoms. The third-order valence-electron chi connectivity index (χ3n) is 4.34. The first kappa shape index (κ1) is 14.5. The fourth-order valence-electron chi connectivity index (χ4n) is 2.95. The summed E-state index contributed by atoms with van der Waals surface area (Å²) >= 11 is 0. The van der Waals surface area contributed by atoms with Crippen LogP contribution in [0.1, 0.15) is 42.9 Å². The number of likely N-dealkylation sites (tertiary alicyclic amines) is 1. The van der Waals surface area contributed by atoms with Gasteiger partial charge in [-0.25, -0.2) is 0 Å². The topological polar surface area (TPSA) is 15.3 Å². The van der Waals surface area contributed by atoms with E-state index in [2.05, 4.69) is 49.2 Å². The lowest BCUT2D eigenvalue weighted by Gasteiger charge is -2.36. The summed E-state index contributed by atoms with van der Waals surface area (Å²) in [6.45, 7) is 11.2. The smallest absolute Gasteiger partial charge is 0.0237 e. The van der Waals surface area contributed by atoms with Crippen LogP contribution in [0, 0.1) is 13.8 Å². The average molecular weight is 260 g/mol. The number of hydrogen-bond donors (Lipinski definition) is 1. The summed E-state index contributed by atoms with van der Waals surface area (Å²) in [5.41, 5.74) is 4.27. The number of rotatable bonds is 5. The van der Waals surface area contributed by atoms with E-state index in [4.69, 9.17) is 0 Å². The van der Waals surface area contributed by atoms with Crippen molar-refractivity contribution in [3.05, 3.63) is 34.9 Å². The third-order valence-corrected chi connectivity index (χ3v) is 4.34. The van der Waals surface area contributed by atoms with Crippen molar-refractivity contribution in [2.45, 2.75) is 52.6 Å². The predicted octanol–water partition coefficient (Wildman–Crippen LogP) is 3.27. The molecule has 1 unspecified atom stereocenters. The first-order chi connectivity index (χ1) is 9.20. The molecule has 0 bridgehead atoms. The lowest BCUT2D eigenvalue weighted by atomic mass is 10.00. The molecule has 1 aromatic rings. The van der Waals surface area contributed by atoms with Gasteiger partial charge >= 0.3 is 0 Å². The second-order valence-electron chi connectivity index (χ2n) is 5.85. The highest BCUT2D eigenvalue weighted by Crippen LogP contribution is 2.20. The summed E-state index contributed by atoms with van der Waals surface area (Å²) in [6.07, 6.45) is 4.09. The normalized spacial score (nSPS) is 20.7. The van der Waals surface area contributed by atoms with E-state index < -0.39 is 0 Å². The Bertz CT molecular complexity index is 400. The van der Waals surface area contributed by atoms with Gasteiger partial charge in [0.1, 0.15) is 0 Å². The van der Waals surface area contributed by atoms with Gasteiger partial charge in [-0.2, -0.15) is 0 Å². The van der Waals surface area contributed by atoms with Crippen molar-refractivity contribution in [3.8, 4) is 0 Å². The maximum absolute atomic E-state index is 3.51. The van der Waals surface area contributed by atoms with E-state index in [1.54, 1.807) is 0 Å². The Labute approximate surface area is 118 Å². The number of nitrogens with one attached hydrogen (secondary N) is 1. The molecule has 1 aromatic carbocycles. The van der Waals surface area contributed by atoms with E-state index in [9.17, 15) is 0 Å². The largest absolute Gasteiger partial charge is 0.315 e. The third kappa shape index (κ3) is 4.05. The molecule has 0 amide bonds. The highest BCUT2D eigenvalue weighted by Gasteiger charge is 2.21. The molecule has 1 heterocycles. The van der Waals surface area contributed by atoms with Gasteiger partial charge in [0.05, 0.1) is 0 Å². The fraction of sp³-hybridized carbons (Fsp3) is 0.647. The van der Waals surface area contributed by atoms with E-state index in [0.717, 1.165) is 25.7 Å². The van der Waals surface area contributed by atoms with Gasteiger partial charge in [0.2, 0.25) is 0 Å². The Hall–Kier alpha value is -0.860. The molecule has 2 nitrogen and oxygen atoms in total. The van der Waals surface area contributed by atoms with Crippen LogP contribution in [0.4, 0.5) is 0 Å². The summed E-state index contributed by atoms with van der Waals surface area (Å²) in [5.74, 6) is 0. The van der Waals surface area contributed by atoms with E-state index in [1.165, 1.54) is 42.5 Å². The molecular weight excluding hydrogens is 232 g/mol. The summed E-state index contributed by atoms with van der Waals surface area (Å²) in [6, 6.07) is 7.62. The van der Waals surface area contributed by atoms with Gasteiger partial charge in [0.15, 0.2) is 0 Å². The molecule has 1 aliphatic heterocycles. The zero-order chi connectivity index (χ0) is 13.7. The Morgan fingerprint density at radius 3 is 2.79 bits per heavy atom. The molecule has 0 aromatic heterocycles. The Morgan fingerprint density at radius 1 is 1.21 bits per heavy atom. The molecule has 1 N–H and O–H groups in total. The lowest BCUT2D eigenvalue weighted by molar-refractivity contribution is 0.138. The zero-order valence-corrected chi connectivity index (χ0v) is 12.7. The monoisotopic (exact) mass is 260 g/mol. The second kappa shape index (κ2) is 7.06. The number of likely N-dealkylation sites (N-methyl/N-ethyl adjacent to an activating group) is 1. The molecule has 2 rings (SSSR count). The molecule has 1 fully saturated rings. The quantitative estimate of drug-likeness (QED) is 0.874. The Balaban J connectivity index is 1.99. The minimum Gasteiger partial charge on any atom is -0.315 e. The first-order valence-electron chi connectivity index (χ1n) is 7.71. The van der Waals surface area contributed by atoms with Crippen LogP contribution in [-0.4, -0.2) is 30.6 Å². The molecule has 0 aliphatic carbocycles. The standard InChI is InChI=1S/C17H28N2/c1-4-18-12-17-7-5-6-10-19(17)13-16-9-8-14(2)15(3)11-16/h8-9,11,17-18H,4-7,10,12-13H2,1-3H3. The van der Waals surface area contributed by atoms with Crippen LogP contribution in [0.5, 0.6) is 0 Å². The molecule has 1 aliphatic rings. The first-order valence-corrected chi connectivity index (χ1v) is 7.71. The summed E-state index contributed by atoms with van der Waals surface area (Å²) in [7, 11) is 0. The van der Waals surface area contributed by atoms with Gasteiger partial charge in [-0.3, -0.25) is 4.90 Å². The lowest BCUT2D eigenvalue weighted by Crippen LogP contribution is -2.44. The second-order valence-corrected chi connectivity index (χ2v) is 5.85. The van der Waals surface area contributed by atoms with Crippen molar-refractivity contribution in [2.24, 2.45) is 0 Å². The fourth-order valence-corrected chi connectivity index (χ4v) is 2.95. The van der Waals surface area contributed by atoms with Crippen LogP contribution in [0.3, 0.4) is 0 Å². The average Bonchev–Trinajstić information content (AvgIpc) is 2.42. The maximum atomic E-state index is 3.51. The highest BCUT2D eigenvalue weighted by atomic mass is 15.2. The van der Waals surface area contributed by atoms with E-state index in [0.29, 0.717) is 0 Å². The Kier molecular flexibility index (Phi) is 5.41. The number of aryl methyl sites for hydroxylation is 2. The molecule has 1 atom stereocenters. The van der Waals surface area contributed by atoms with Crippen molar-refractivity contribution < 1.29 is 0 Å². The van der Waals surface area contributed by atoms with E-state index in [1.807, 2.05) is 0 Å². The molecule has 106 valence electrons. The van der Waals surface area contributed by atoms with Crippen molar-refractivity contribution in [1.29, 1.82) is 0 Å². The van der Waals surface area contributed by atoms with Crippen LogP contribution < -0.4 is 5.32 Å². The number of hydrogen-bond acceptors (Lipinski definition) is 2. The van der Waals surface area contributed by atoms with Gasteiger partial charge in [0.25, 0.3) is 0 Å². The SMILES string of the molecule is CCNCC1CCCCN1Cc1ccc(C)c(C)c1. The van der Waals surface area contributed by atoms with Gasteiger partial charge < -0.3 is 5.32 Å². The molecule has 2 heteroatoms. The molecular formula is C17H28N2. The van der Waals surface area contributed by atoms with Crippen molar-refractivity contribution >= 4 is 0 Å². The van der Waals surface area contributed by atoms with Gasteiger partial charge in [-0.1, -0.05) is 31.5 Å². The van der Waals surface area contributed by atoms with Crippen molar-refractivity contribution in [3.63, 3.8) is 0 Å². The number of benzene rings is 1. The predicted molar refractivity (Wildman–Crippen MR) is 82.5 cm³/mol. The summed E-state index contributed by atoms with van der Waals surface area (Å²) in [4.78, 5) is 2.66. The van der Waals surface area contributed by atoms with Gasteiger partial charge in [-0.05, 0) is 56.5 Å².